The van der Waals surface area contributed by atoms with Gasteiger partial charge in [-0.15, -0.1) is 11.8 Å². The molecule has 0 aromatic heterocycles. The van der Waals surface area contributed by atoms with E-state index in [9.17, 15) is 9.59 Å². The molecule has 1 aromatic rings. The number of nitrogens with one attached hydrogen (secondary N) is 1. The number of hydrogen-bond donors (Lipinski definition) is 1. The molecule has 3 rings (SSSR count). The number of quaternary nitrogens is 1. The van der Waals surface area contributed by atoms with Crippen molar-refractivity contribution < 1.29 is 14.5 Å². The average Bonchev–Trinajstić information content (AvgIpc) is 3.16. The van der Waals surface area contributed by atoms with Gasteiger partial charge in [-0.2, -0.15) is 0 Å². The van der Waals surface area contributed by atoms with Crippen molar-refractivity contribution >= 4 is 23.6 Å². The number of benzene rings is 1. The summed E-state index contributed by atoms with van der Waals surface area (Å²) in [4.78, 5) is 31.1. The predicted molar refractivity (Wildman–Crippen MR) is 99.9 cm³/mol. The second-order valence-corrected chi connectivity index (χ2v) is 7.97. The van der Waals surface area contributed by atoms with Crippen molar-refractivity contribution in [3.05, 3.63) is 29.8 Å². The molecule has 0 aliphatic carbocycles. The molecule has 5 nitrogen and oxygen atoms in total. The number of carbonyl (C=O) groups is 2. The van der Waals surface area contributed by atoms with Gasteiger partial charge in [0.25, 0.3) is 5.91 Å². The highest BCUT2D eigenvalue weighted by molar-refractivity contribution is 8.00. The zero-order valence-electron chi connectivity index (χ0n) is 15.0. The lowest BCUT2D eigenvalue weighted by Gasteiger charge is -2.32. The number of piperazine rings is 1. The minimum absolute atomic E-state index is 0.207. The van der Waals surface area contributed by atoms with Gasteiger partial charge in [0.1, 0.15) is 0 Å². The Bertz CT molecular complexity index is 608. The number of rotatable bonds is 5. The van der Waals surface area contributed by atoms with Crippen LogP contribution in [-0.2, 0) is 9.59 Å². The summed E-state index contributed by atoms with van der Waals surface area (Å²) in [6.45, 7) is 7.78. The van der Waals surface area contributed by atoms with Crippen molar-refractivity contribution in [2.75, 3.05) is 51.6 Å². The molecule has 2 amide bonds. The lowest BCUT2D eigenvalue weighted by atomic mass is 10.2. The Hall–Kier alpha value is -1.53. The molecule has 2 aliphatic rings. The predicted octanol–water partition coefficient (Wildman–Crippen LogP) is 0.437. The van der Waals surface area contributed by atoms with Gasteiger partial charge in [0.15, 0.2) is 6.54 Å². The molecule has 2 fully saturated rings. The fourth-order valence-corrected chi connectivity index (χ4v) is 4.42. The van der Waals surface area contributed by atoms with Crippen LogP contribution in [0.1, 0.15) is 18.4 Å². The molecule has 136 valence electrons. The van der Waals surface area contributed by atoms with Crippen molar-refractivity contribution in [1.82, 2.24) is 9.80 Å². The van der Waals surface area contributed by atoms with Gasteiger partial charge in [0.05, 0.1) is 31.9 Å². The van der Waals surface area contributed by atoms with Crippen LogP contribution >= 0.6 is 11.8 Å². The summed E-state index contributed by atoms with van der Waals surface area (Å²) >= 11 is 1.62. The van der Waals surface area contributed by atoms with Crippen LogP contribution in [0.5, 0.6) is 0 Å². The Morgan fingerprint density at radius 2 is 1.64 bits per heavy atom. The maximum absolute atomic E-state index is 12.4. The first kappa shape index (κ1) is 18.3. The van der Waals surface area contributed by atoms with E-state index >= 15 is 0 Å². The third kappa shape index (κ3) is 4.98. The first-order valence-corrected chi connectivity index (χ1v) is 10.2. The summed E-state index contributed by atoms with van der Waals surface area (Å²) in [5.74, 6) is 0.980. The fourth-order valence-electron chi connectivity index (χ4n) is 3.49. The van der Waals surface area contributed by atoms with Crippen LogP contribution in [0.15, 0.2) is 29.2 Å². The van der Waals surface area contributed by atoms with Gasteiger partial charge < -0.3 is 14.7 Å². The summed E-state index contributed by atoms with van der Waals surface area (Å²) in [7, 11) is 0. The molecule has 0 unspecified atom stereocenters. The first-order chi connectivity index (χ1) is 12.1. The number of likely N-dealkylation sites (tertiary alicyclic amines) is 1. The molecule has 1 aromatic carbocycles. The van der Waals surface area contributed by atoms with E-state index < -0.39 is 0 Å². The quantitative estimate of drug-likeness (QED) is 0.773. The van der Waals surface area contributed by atoms with Gasteiger partial charge in [-0.1, -0.05) is 18.2 Å². The van der Waals surface area contributed by atoms with E-state index in [2.05, 4.69) is 19.1 Å². The third-order valence-corrected chi connectivity index (χ3v) is 6.29. The van der Waals surface area contributed by atoms with Gasteiger partial charge in [-0.3, -0.25) is 9.59 Å². The molecule has 25 heavy (non-hydrogen) atoms. The number of amides is 2. The lowest BCUT2D eigenvalue weighted by molar-refractivity contribution is -0.896. The molecule has 0 bridgehead atoms. The zero-order valence-corrected chi connectivity index (χ0v) is 15.8. The van der Waals surface area contributed by atoms with Crippen LogP contribution in [0, 0.1) is 6.92 Å². The van der Waals surface area contributed by atoms with Gasteiger partial charge in [0, 0.05) is 18.0 Å². The minimum atomic E-state index is 0.207. The van der Waals surface area contributed by atoms with E-state index in [0.29, 0.717) is 12.3 Å². The molecular weight excluding hydrogens is 334 g/mol. The highest BCUT2D eigenvalue weighted by Crippen LogP contribution is 2.22. The van der Waals surface area contributed by atoms with Crippen molar-refractivity contribution in [2.45, 2.75) is 24.7 Å². The topological polar surface area (TPSA) is 45.1 Å². The molecule has 0 radical (unpaired) electrons. The van der Waals surface area contributed by atoms with E-state index in [1.807, 2.05) is 21.9 Å². The summed E-state index contributed by atoms with van der Waals surface area (Å²) in [5, 5.41) is 0. The highest BCUT2D eigenvalue weighted by Gasteiger charge is 2.27. The Kier molecular flexibility index (Phi) is 6.37. The molecule has 0 atom stereocenters. The van der Waals surface area contributed by atoms with E-state index in [1.165, 1.54) is 15.4 Å². The van der Waals surface area contributed by atoms with Crippen molar-refractivity contribution in [3.8, 4) is 0 Å². The van der Waals surface area contributed by atoms with Crippen molar-refractivity contribution in [1.29, 1.82) is 0 Å². The first-order valence-electron chi connectivity index (χ1n) is 9.21. The van der Waals surface area contributed by atoms with E-state index in [0.717, 1.165) is 52.1 Å². The maximum Gasteiger partial charge on any atom is 0.277 e. The van der Waals surface area contributed by atoms with Gasteiger partial charge in [-0.25, -0.2) is 0 Å². The molecule has 6 heteroatoms. The Morgan fingerprint density at radius 1 is 1.00 bits per heavy atom. The van der Waals surface area contributed by atoms with Crippen LogP contribution in [0.4, 0.5) is 0 Å². The van der Waals surface area contributed by atoms with E-state index in [-0.39, 0.29) is 11.8 Å². The number of hydrogen-bond acceptors (Lipinski definition) is 3. The zero-order chi connectivity index (χ0) is 17.6. The van der Waals surface area contributed by atoms with Gasteiger partial charge >= 0.3 is 0 Å². The smallest absolute Gasteiger partial charge is 0.277 e. The Balaban J connectivity index is 1.40. The normalized spacial score (nSPS) is 18.6. The highest BCUT2D eigenvalue weighted by atomic mass is 32.2. The maximum atomic E-state index is 12.4. The molecule has 2 aliphatic heterocycles. The summed E-state index contributed by atoms with van der Waals surface area (Å²) in [6.07, 6.45) is 2.28. The second kappa shape index (κ2) is 8.72. The van der Waals surface area contributed by atoms with Crippen LogP contribution in [0.25, 0.3) is 0 Å². The number of aryl methyl sites for hydroxylation is 1. The summed E-state index contributed by atoms with van der Waals surface area (Å²) in [6, 6.07) is 8.18. The van der Waals surface area contributed by atoms with Crippen LogP contribution in [0.3, 0.4) is 0 Å². The van der Waals surface area contributed by atoms with Crippen LogP contribution in [-0.4, -0.2) is 73.2 Å². The fraction of sp³-hybridized carbons (Fsp3) is 0.579. The van der Waals surface area contributed by atoms with Gasteiger partial charge in [-0.05, 0) is 31.4 Å². The van der Waals surface area contributed by atoms with E-state index in [4.69, 9.17) is 0 Å². The summed E-state index contributed by atoms with van der Waals surface area (Å²) < 4.78 is 0. The monoisotopic (exact) mass is 362 g/mol. The summed E-state index contributed by atoms with van der Waals surface area (Å²) in [5.41, 5.74) is 1.22. The minimum Gasteiger partial charge on any atom is -0.338 e. The van der Waals surface area contributed by atoms with E-state index in [1.54, 1.807) is 11.8 Å². The molecule has 0 saturated carbocycles. The second-order valence-electron chi connectivity index (χ2n) is 6.95. The molecule has 2 saturated heterocycles. The SMILES string of the molecule is Cc1ccccc1SCC(=O)N1CC[NH+](CC(=O)N2CCCC2)CC1. The van der Waals surface area contributed by atoms with Gasteiger partial charge in [0.2, 0.25) is 5.91 Å². The molecule has 2 heterocycles. The number of thioether (sulfide) groups is 1. The molecule has 1 N–H and O–H groups in total. The molecule has 0 spiro atoms. The van der Waals surface area contributed by atoms with Crippen molar-refractivity contribution in [3.63, 3.8) is 0 Å². The van der Waals surface area contributed by atoms with Crippen LogP contribution < -0.4 is 4.90 Å². The Morgan fingerprint density at radius 3 is 2.32 bits per heavy atom. The lowest BCUT2D eigenvalue weighted by Crippen LogP contribution is -3.15. The average molecular weight is 363 g/mol. The van der Waals surface area contributed by atoms with Crippen molar-refractivity contribution in [2.24, 2.45) is 0 Å². The standard InChI is InChI=1S/C19H27N3O2S/c1-16-6-2-3-7-17(16)25-15-19(24)22-12-10-20(11-13-22)14-18(23)21-8-4-5-9-21/h2-3,6-7H,4-5,8-15H2,1H3/p+1. The number of carbonyl (C=O) groups excluding carboxylic acids is 2. The number of nitrogens with zero attached hydrogens (tertiary/aromatic N) is 2. The third-order valence-electron chi connectivity index (χ3n) is 5.13. The largest absolute Gasteiger partial charge is 0.338 e. The Labute approximate surface area is 154 Å². The molecular formula is C19H28N3O2S+. The van der Waals surface area contributed by atoms with Crippen LogP contribution in [0.2, 0.25) is 0 Å².